The Morgan fingerprint density at radius 2 is 2.09 bits per heavy atom. The van der Waals surface area contributed by atoms with Crippen molar-refractivity contribution in [2.45, 2.75) is 32.8 Å². The van der Waals surface area contributed by atoms with E-state index in [4.69, 9.17) is 5.73 Å². The van der Waals surface area contributed by atoms with E-state index in [1.165, 1.54) is 0 Å². The molecule has 0 aromatic rings. The molecular weight excluding hydrogens is 142 g/mol. The monoisotopic (exact) mass is 159 g/mol. The molecule has 0 aromatic heterocycles. The average Bonchev–Trinajstić information content (AvgIpc) is 1.98. The maximum atomic E-state index is 11.1. The Hall–Kier alpha value is -0.410. The fraction of sp³-hybridized carbons (Fsp3) is 0.875. The van der Waals surface area contributed by atoms with Crippen molar-refractivity contribution in [3.05, 3.63) is 0 Å². The van der Waals surface area contributed by atoms with Gasteiger partial charge in [-0.2, -0.15) is 0 Å². The van der Waals surface area contributed by atoms with Crippen molar-refractivity contribution >= 4 is 5.78 Å². The topological polar surface area (TPSA) is 63.3 Å². The van der Waals surface area contributed by atoms with Gasteiger partial charge in [-0.05, 0) is 19.4 Å². The first kappa shape index (κ1) is 10.6. The van der Waals surface area contributed by atoms with Crippen LogP contribution in [0, 0.1) is 5.92 Å². The number of nitrogens with two attached hydrogens (primary N) is 1. The third-order valence-corrected chi connectivity index (χ3v) is 1.58. The van der Waals surface area contributed by atoms with Crippen molar-refractivity contribution in [1.82, 2.24) is 0 Å². The lowest BCUT2D eigenvalue weighted by Crippen LogP contribution is -2.25. The van der Waals surface area contributed by atoms with E-state index < -0.39 is 6.10 Å². The van der Waals surface area contributed by atoms with Crippen LogP contribution >= 0.6 is 0 Å². The fourth-order valence-electron chi connectivity index (χ4n) is 0.838. The summed E-state index contributed by atoms with van der Waals surface area (Å²) >= 11 is 0. The van der Waals surface area contributed by atoms with Gasteiger partial charge in [-0.25, -0.2) is 0 Å². The molecule has 0 rings (SSSR count). The standard InChI is InChI=1S/C8H17NO2/c1-6(2)8(11)7(10)4-3-5-9/h6-7,10H,3-5,9H2,1-2H3/t7-/m1/s1. The summed E-state index contributed by atoms with van der Waals surface area (Å²) in [5, 5.41) is 9.21. The second-order valence-electron chi connectivity index (χ2n) is 3.00. The summed E-state index contributed by atoms with van der Waals surface area (Å²) < 4.78 is 0. The summed E-state index contributed by atoms with van der Waals surface area (Å²) in [6, 6.07) is 0. The summed E-state index contributed by atoms with van der Waals surface area (Å²) in [7, 11) is 0. The number of aliphatic hydroxyl groups is 1. The number of carbonyl (C=O) groups excluding carboxylic acids is 1. The molecule has 0 amide bonds. The van der Waals surface area contributed by atoms with E-state index >= 15 is 0 Å². The van der Waals surface area contributed by atoms with E-state index in [-0.39, 0.29) is 11.7 Å². The molecule has 0 fully saturated rings. The van der Waals surface area contributed by atoms with Crippen molar-refractivity contribution in [2.75, 3.05) is 6.54 Å². The lowest BCUT2D eigenvalue weighted by Gasteiger charge is -2.10. The summed E-state index contributed by atoms with van der Waals surface area (Å²) in [6.45, 7) is 4.10. The highest BCUT2D eigenvalue weighted by atomic mass is 16.3. The smallest absolute Gasteiger partial charge is 0.163 e. The number of Topliss-reactive ketones (excluding diaryl/α,β-unsaturated/α-hetero) is 1. The van der Waals surface area contributed by atoms with Gasteiger partial charge in [0.25, 0.3) is 0 Å². The molecule has 0 saturated carbocycles. The SMILES string of the molecule is CC(C)C(=O)[C@H](O)CCCN. The van der Waals surface area contributed by atoms with Gasteiger partial charge in [0.15, 0.2) is 5.78 Å². The molecular formula is C8H17NO2. The zero-order valence-corrected chi connectivity index (χ0v) is 7.21. The lowest BCUT2D eigenvalue weighted by atomic mass is 10.0. The summed E-state index contributed by atoms with van der Waals surface area (Å²) in [5.41, 5.74) is 5.23. The highest BCUT2D eigenvalue weighted by Gasteiger charge is 2.16. The Morgan fingerprint density at radius 1 is 1.55 bits per heavy atom. The molecule has 11 heavy (non-hydrogen) atoms. The van der Waals surface area contributed by atoms with Gasteiger partial charge in [0.2, 0.25) is 0 Å². The van der Waals surface area contributed by atoms with Crippen LogP contribution in [0.4, 0.5) is 0 Å². The molecule has 0 radical (unpaired) electrons. The van der Waals surface area contributed by atoms with Crippen molar-refractivity contribution in [1.29, 1.82) is 0 Å². The fourth-order valence-corrected chi connectivity index (χ4v) is 0.838. The molecule has 0 aliphatic carbocycles. The largest absolute Gasteiger partial charge is 0.385 e. The number of rotatable bonds is 5. The third kappa shape index (κ3) is 4.11. The Labute approximate surface area is 67.6 Å². The highest BCUT2D eigenvalue weighted by molar-refractivity contribution is 5.84. The minimum absolute atomic E-state index is 0.0808. The van der Waals surface area contributed by atoms with Gasteiger partial charge in [-0.1, -0.05) is 13.8 Å². The van der Waals surface area contributed by atoms with Crippen LogP contribution in [-0.2, 0) is 4.79 Å². The predicted octanol–water partition coefficient (Wildman–Crippen LogP) is 0.311. The van der Waals surface area contributed by atoms with E-state index in [9.17, 15) is 9.90 Å². The molecule has 0 spiro atoms. The van der Waals surface area contributed by atoms with Gasteiger partial charge < -0.3 is 10.8 Å². The second-order valence-corrected chi connectivity index (χ2v) is 3.00. The van der Waals surface area contributed by atoms with Crippen LogP contribution in [0.25, 0.3) is 0 Å². The van der Waals surface area contributed by atoms with Crippen molar-refractivity contribution < 1.29 is 9.90 Å². The first-order chi connectivity index (χ1) is 5.09. The zero-order chi connectivity index (χ0) is 8.85. The molecule has 0 heterocycles. The maximum Gasteiger partial charge on any atom is 0.163 e. The van der Waals surface area contributed by atoms with Crippen LogP contribution < -0.4 is 5.73 Å². The van der Waals surface area contributed by atoms with Crippen LogP contribution in [-0.4, -0.2) is 23.5 Å². The molecule has 3 N–H and O–H groups in total. The van der Waals surface area contributed by atoms with Crippen molar-refractivity contribution in [3.63, 3.8) is 0 Å². The number of ketones is 1. The van der Waals surface area contributed by atoms with E-state index in [1.54, 1.807) is 13.8 Å². The number of aliphatic hydroxyl groups excluding tert-OH is 1. The average molecular weight is 159 g/mol. The Balaban J connectivity index is 3.64. The number of carbonyl (C=O) groups is 1. The third-order valence-electron chi connectivity index (χ3n) is 1.58. The van der Waals surface area contributed by atoms with Gasteiger partial charge in [0.1, 0.15) is 6.10 Å². The van der Waals surface area contributed by atoms with Gasteiger partial charge in [0.05, 0.1) is 0 Å². The van der Waals surface area contributed by atoms with Crippen LogP contribution in [0.15, 0.2) is 0 Å². The molecule has 0 aromatic carbocycles. The summed E-state index contributed by atoms with van der Waals surface area (Å²) in [6.07, 6.45) is 0.395. The van der Waals surface area contributed by atoms with E-state index in [1.807, 2.05) is 0 Å². The normalized spacial score (nSPS) is 13.5. The lowest BCUT2D eigenvalue weighted by molar-refractivity contribution is -0.130. The van der Waals surface area contributed by atoms with Crippen molar-refractivity contribution in [3.8, 4) is 0 Å². The van der Waals surface area contributed by atoms with Gasteiger partial charge in [-0.3, -0.25) is 4.79 Å². The first-order valence-corrected chi connectivity index (χ1v) is 4.01. The number of hydrogen-bond acceptors (Lipinski definition) is 3. The van der Waals surface area contributed by atoms with Crippen molar-refractivity contribution in [2.24, 2.45) is 11.7 Å². The minimum Gasteiger partial charge on any atom is -0.385 e. The number of hydrogen-bond donors (Lipinski definition) is 2. The predicted molar refractivity (Wildman–Crippen MR) is 44.1 cm³/mol. The molecule has 0 unspecified atom stereocenters. The Morgan fingerprint density at radius 3 is 2.45 bits per heavy atom. The van der Waals surface area contributed by atoms with Crippen LogP contribution in [0.3, 0.4) is 0 Å². The molecule has 0 aliphatic rings. The molecule has 66 valence electrons. The Bertz CT molecular complexity index is 123. The molecule has 0 bridgehead atoms. The Kier molecular flexibility index (Phi) is 5.07. The van der Waals surface area contributed by atoms with E-state index in [0.29, 0.717) is 19.4 Å². The maximum absolute atomic E-state index is 11.1. The van der Waals surface area contributed by atoms with E-state index in [2.05, 4.69) is 0 Å². The second kappa shape index (κ2) is 5.27. The minimum atomic E-state index is -0.807. The van der Waals surface area contributed by atoms with Gasteiger partial charge in [0, 0.05) is 5.92 Å². The molecule has 3 nitrogen and oxygen atoms in total. The summed E-state index contributed by atoms with van der Waals surface area (Å²) in [5.74, 6) is -0.166. The van der Waals surface area contributed by atoms with Crippen LogP contribution in [0.5, 0.6) is 0 Å². The molecule has 1 atom stereocenters. The quantitative estimate of drug-likeness (QED) is 0.607. The zero-order valence-electron chi connectivity index (χ0n) is 7.21. The van der Waals surface area contributed by atoms with Gasteiger partial charge in [-0.15, -0.1) is 0 Å². The summed E-state index contributed by atoms with van der Waals surface area (Å²) in [4.78, 5) is 11.1. The van der Waals surface area contributed by atoms with Crippen LogP contribution in [0.2, 0.25) is 0 Å². The molecule has 0 saturated heterocycles. The van der Waals surface area contributed by atoms with E-state index in [0.717, 1.165) is 0 Å². The molecule has 0 aliphatic heterocycles. The molecule has 3 heteroatoms. The van der Waals surface area contributed by atoms with Crippen LogP contribution in [0.1, 0.15) is 26.7 Å². The highest BCUT2D eigenvalue weighted by Crippen LogP contribution is 2.04. The van der Waals surface area contributed by atoms with Gasteiger partial charge >= 0.3 is 0 Å². The first-order valence-electron chi connectivity index (χ1n) is 4.01.